The van der Waals surface area contributed by atoms with Gasteiger partial charge in [0.15, 0.2) is 0 Å². The molecule has 1 aromatic heterocycles. The second-order valence-corrected chi connectivity index (χ2v) is 8.07. The summed E-state index contributed by atoms with van der Waals surface area (Å²) in [7, 11) is 0. The van der Waals surface area contributed by atoms with Crippen molar-refractivity contribution in [1.29, 1.82) is 0 Å². The highest BCUT2D eigenvalue weighted by atomic mass is 19.1. The fourth-order valence-corrected chi connectivity index (χ4v) is 2.85. The van der Waals surface area contributed by atoms with Gasteiger partial charge < -0.3 is 14.8 Å². The first-order valence-corrected chi connectivity index (χ1v) is 9.12. The Bertz CT molecular complexity index is 761. The average molecular weight is 358 g/mol. The van der Waals surface area contributed by atoms with Gasteiger partial charge in [-0.3, -0.25) is 0 Å². The molecule has 1 fully saturated rings. The Balaban J connectivity index is 1.74. The van der Waals surface area contributed by atoms with E-state index in [1.165, 1.54) is 18.9 Å². The molecule has 0 spiro atoms. The summed E-state index contributed by atoms with van der Waals surface area (Å²) in [5.41, 5.74) is 0.321. The van der Waals surface area contributed by atoms with Crippen LogP contribution in [0.3, 0.4) is 0 Å². The number of aromatic nitrogens is 2. The van der Waals surface area contributed by atoms with Gasteiger partial charge in [-0.25, -0.2) is 14.2 Å². The number of nitrogens with one attached hydrogen (secondary N) is 1. The van der Waals surface area contributed by atoms with Crippen molar-refractivity contribution in [2.24, 2.45) is 5.92 Å². The third-order valence-electron chi connectivity index (χ3n) is 4.38. The monoisotopic (exact) mass is 358 g/mol. The zero-order valence-corrected chi connectivity index (χ0v) is 15.7. The van der Waals surface area contributed by atoms with Crippen molar-refractivity contribution < 1.29 is 9.18 Å². The number of rotatable bonds is 6. The lowest BCUT2D eigenvalue weighted by Gasteiger charge is -2.28. The van der Waals surface area contributed by atoms with E-state index in [2.05, 4.69) is 10.3 Å². The van der Waals surface area contributed by atoms with E-state index in [1.54, 1.807) is 18.3 Å². The zero-order chi connectivity index (χ0) is 18.7. The Morgan fingerprint density at radius 3 is 2.73 bits per heavy atom. The Kier molecular flexibility index (Phi) is 5.30. The normalized spacial score (nSPS) is 14.3. The van der Waals surface area contributed by atoms with Crippen molar-refractivity contribution in [2.45, 2.75) is 52.2 Å². The molecule has 0 bridgehead atoms. The summed E-state index contributed by atoms with van der Waals surface area (Å²) in [6, 6.07) is 6.66. The first kappa shape index (κ1) is 18.4. The highest BCUT2D eigenvalue weighted by Gasteiger charge is 2.29. The standard InChI is InChI=1S/C20H27FN4O/c1-20(2,3)23-19(26)25(12-15-8-9-15)14-18-22-10-11-24(18)13-16-6-4-5-7-17(16)21/h4-7,10-11,15H,8-9,12-14H2,1-3H3,(H,23,26). The van der Waals surface area contributed by atoms with Crippen LogP contribution < -0.4 is 5.32 Å². The van der Waals surface area contributed by atoms with E-state index in [1.807, 2.05) is 42.5 Å². The summed E-state index contributed by atoms with van der Waals surface area (Å²) >= 11 is 0. The van der Waals surface area contributed by atoms with Gasteiger partial charge in [0.25, 0.3) is 0 Å². The van der Waals surface area contributed by atoms with Crippen LogP contribution in [-0.4, -0.2) is 32.6 Å². The van der Waals surface area contributed by atoms with Crippen molar-refractivity contribution in [3.05, 3.63) is 53.9 Å². The SMILES string of the molecule is CC(C)(C)NC(=O)N(Cc1nccn1Cc1ccccc1F)CC1CC1. The number of imidazole rings is 1. The van der Waals surface area contributed by atoms with E-state index in [-0.39, 0.29) is 17.4 Å². The van der Waals surface area contributed by atoms with Gasteiger partial charge in [-0.15, -0.1) is 0 Å². The molecule has 0 unspecified atom stereocenters. The quantitative estimate of drug-likeness (QED) is 0.854. The smallest absolute Gasteiger partial charge is 0.318 e. The van der Waals surface area contributed by atoms with Crippen LogP contribution in [-0.2, 0) is 13.1 Å². The van der Waals surface area contributed by atoms with Crippen LogP contribution in [0.4, 0.5) is 9.18 Å². The largest absolute Gasteiger partial charge is 0.333 e. The number of hydrogen-bond donors (Lipinski definition) is 1. The minimum atomic E-state index is -0.290. The second-order valence-electron chi connectivity index (χ2n) is 8.07. The number of nitrogens with zero attached hydrogens (tertiary/aromatic N) is 3. The molecule has 0 atom stereocenters. The summed E-state index contributed by atoms with van der Waals surface area (Å²) in [6.45, 7) is 7.46. The summed E-state index contributed by atoms with van der Waals surface area (Å²) in [5.74, 6) is 1.11. The molecular formula is C20H27FN4O. The molecular weight excluding hydrogens is 331 g/mol. The number of halogens is 1. The summed E-state index contributed by atoms with van der Waals surface area (Å²) in [5, 5.41) is 3.03. The van der Waals surface area contributed by atoms with Crippen molar-refractivity contribution in [1.82, 2.24) is 19.8 Å². The number of carbonyl (C=O) groups is 1. The molecule has 1 aliphatic rings. The summed E-state index contributed by atoms with van der Waals surface area (Å²) < 4.78 is 15.9. The first-order chi connectivity index (χ1) is 12.3. The maximum atomic E-state index is 14.0. The van der Waals surface area contributed by atoms with Gasteiger partial charge in [-0.1, -0.05) is 18.2 Å². The van der Waals surface area contributed by atoms with Crippen molar-refractivity contribution in [3.8, 4) is 0 Å². The highest BCUT2D eigenvalue weighted by molar-refractivity contribution is 5.74. The van der Waals surface area contributed by atoms with Crippen molar-refractivity contribution in [3.63, 3.8) is 0 Å². The van der Waals surface area contributed by atoms with Gasteiger partial charge >= 0.3 is 6.03 Å². The van der Waals surface area contributed by atoms with E-state index in [0.29, 0.717) is 24.6 Å². The topological polar surface area (TPSA) is 50.2 Å². The molecule has 2 amide bonds. The lowest BCUT2D eigenvalue weighted by Crippen LogP contribution is -2.49. The van der Waals surface area contributed by atoms with Crippen LogP contribution in [0, 0.1) is 11.7 Å². The minimum absolute atomic E-state index is 0.0789. The van der Waals surface area contributed by atoms with Crippen LogP contribution in [0.2, 0.25) is 0 Å². The number of amides is 2. The third kappa shape index (κ3) is 5.07. The predicted octanol–water partition coefficient (Wildman–Crippen LogP) is 3.79. The number of benzene rings is 1. The molecule has 3 rings (SSSR count). The van der Waals surface area contributed by atoms with Gasteiger partial charge in [0, 0.05) is 30.0 Å². The Hall–Kier alpha value is -2.37. The second kappa shape index (κ2) is 7.48. The molecule has 1 heterocycles. The van der Waals surface area contributed by atoms with Gasteiger partial charge in [0.2, 0.25) is 0 Å². The number of hydrogen-bond acceptors (Lipinski definition) is 2. The Labute approximate surface area is 154 Å². The van der Waals surface area contributed by atoms with Gasteiger partial charge in [0.05, 0.1) is 13.1 Å². The molecule has 1 aliphatic carbocycles. The molecule has 2 aromatic rings. The molecule has 26 heavy (non-hydrogen) atoms. The Morgan fingerprint density at radius 1 is 1.35 bits per heavy atom. The van der Waals surface area contributed by atoms with Crippen LogP contribution in [0.5, 0.6) is 0 Å². The van der Waals surface area contributed by atoms with Gasteiger partial charge in [-0.2, -0.15) is 0 Å². The minimum Gasteiger partial charge on any atom is -0.333 e. The Morgan fingerprint density at radius 2 is 2.08 bits per heavy atom. The van der Waals surface area contributed by atoms with E-state index in [0.717, 1.165) is 12.4 Å². The summed E-state index contributed by atoms with van der Waals surface area (Å²) in [6.07, 6.45) is 5.87. The fourth-order valence-electron chi connectivity index (χ4n) is 2.85. The van der Waals surface area contributed by atoms with E-state index < -0.39 is 0 Å². The molecule has 0 aliphatic heterocycles. The molecule has 1 N–H and O–H groups in total. The van der Waals surface area contributed by atoms with E-state index >= 15 is 0 Å². The van der Waals surface area contributed by atoms with E-state index in [4.69, 9.17) is 0 Å². The fraction of sp³-hybridized carbons (Fsp3) is 0.500. The lowest BCUT2D eigenvalue weighted by atomic mass is 10.1. The van der Waals surface area contributed by atoms with Crippen molar-refractivity contribution >= 4 is 6.03 Å². The van der Waals surface area contributed by atoms with Gasteiger partial charge in [0.1, 0.15) is 11.6 Å². The van der Waals surface area contributed by atoms with Crippen LogP contribution in [0.1, 0.15) is 45.0 Å². The molecule has 0 saturated heterocycles. The van der Waals surface area contributed by atoms with Crippen LogP contribution in [0.15, 0.2) is 36.7 Å². The predicted molar refractivity (Wildman–Crippen MR) is 99.1 cm³/mol. The molecule has 5 nitrogen and oxygen atoms in total. The molecule has 1 saturated carbocycles. The molecule has 6 heteroatoms. The van der Waals surface area contributed by atoms with Crippen molar-refractivity contribution in [2.75, 3.05) is 6.54 Å². The van der Waals surface area contributed by atoms with Crippen LogP contribution in [0.25, 0.3) is 0 Å². The molecule has 140 valence electrons. The molecule has 0 radical (unpaired) electrons. The average Bonchev–Trinajstić information content (AvgIpc) is 3.26. The maximum absolute atomic E-state index is 14.0. The zero-order valence-electron chi connectivity index (χ0n) is 15.7. The first-order valence-electron chi connectivity index (χ1n) is 9.12. The highest BCUT2D eigenvalue weighted by Crippen LogP contribution is 2.30. The van der Waals surface area contributed by atoms with Crippen LogP contribution >= 0.6 is 0 Å². The van der Waals surface area contributed by atoms with E-state index in [9.17, 15) is 9.18 Å². The van der Waals surface area contributed by atoms with Gasteiger partial charge in [-0.05, 0) is 45.6 Å². The maximum Gasteiger partial charge on any atom is 0.318 e. The number of urea groups is 1. The lowest BCUT2D eigenvalue weighted by molar-refractivity contribution is 0.181. The summed E-state index contributed by atoms with van der Waals surface area (Å²) in [4.78, 5) is 18.9. The number of carbonyl (C=O) groups excluding carboxylic acids is 1. The molecule has 1 aromatic carbocycles. The third-order valence-corrected chi connectivity index (χ3v) is 4.38.